The maximum Gasteiger partial charge on any atom is 0.338 e. The lowest BCUT2D eigenvalue weighted by atomic mass is 10.0. The Morgan fingerprint density at radius 1 is 1.11 bits per heavy atom. The van der Waals surface area contributed by atoms with E-state index in [4.69, 9.17) is 4.74 Å². The number of rotatable bonds is 2. The zero-order chi connectivity index (χ0) is 13.6. The van der Waals surface area contributed by atoms with Gasteiger partial charge in [0.05, 0.1) is 0 Å². The van der Waals surface area contributed by atoms with Crippen molar-refractivity contribution in [2.45, 2.75) is 13.8 Å². The van der Waals surface area contributed by atoms with Crippen LogP contribution >= 0.6 is 0 Å². The van der Waals surface area contributed by atoms with E-state index in [2.05, 4.69) is 24.8 Å². The number of carbonyl (C=O) groups excluding carboxylic acids is 1. The Balaban J connectivity index is 2.19. The molecule has 0 N–H and O–H groups in total. The maximum absolute atomic E-state index is 11.8. The quantitative estimate of drug-likeness (QED) is 0.591. The molecule has 3 rings (SSSR count). The summed E-state index contributed by atoms with van der Waals surface area (Å²) in [6.45, 7) is 7.26. The first-order valence-electron chi connectivity index (χ1n) is 6.20. The maximum atomic E-state index is 11.8. The van der Waals surface area contributed by atoms with Crippen LogP contribution in [0.25, 0.3) is 22.1 Å². The van der Waals surface area contributed by atoms with Crippen LogP contribution in [0.5, 0.6) is 0 Å². The molecule has 0 saturated carbocycles. The predicted molar refractivity (Wildman–Crippen MR) is 77.3 cm³/mol. The fourth-order valence-corrected chi connectivity index (χ4v) is 2.48. The molecule has 0 heterocycles. The van der Waals surface area contributed by atoms with Gasteiger partial charge in [-0.1, -0.05) is 43.0 Å². The third-order valence-electron chi connectivity index (χ3n) is 3.44. The second-order valence-electron chi connectivity index (χ2n) is 4.83. The molecule has 0 fully saturated rings. The van der Waals surface area contributed by atoms with Gasteiger partial charge in [-0.25, -0.2) is 4.79 Å². The Morgan fingerprint density at radius 2 is 1.74 bits per heavy atom. The van der Waals surface area contributed by atoms with Crippen LogP contribution in [0.3, 0.4) is 0 Å². The Bertz CT molecular complexity index is 746. The minimum Gasteiger partial charge on any atom is -0.422 e. The van der Waals surface area contributed by atoms with Crippen molar-refractivity contribution in [3.63, 3.8) is 0 Å². The van der Waals surface area contributed by atoms with Gasteiger partial charge in [0.1, 0.15) is 5.76 Å². The van der Waals surface area contributed by atoms with Gasteiger partial charge in [-0.05, 0) is 24.8 Å². The Labute approximate surface area is 112 Å². The van der Waals surface area contributed by atoms with Crippen molar-refractivity contribution in [1.29, 1.82) is 0 Å². The second kappa shape index (κ2) is 4.09. The van der Waals surface area contributed by atoms with Gasteiger partial charge < -0.3 is 4.74 Å². The average Bonchev–Trinajstić information content (AvgIpc) is 2.67. The van der Waals surface area contributed by atoms with Gasteiger partial charge in [0.25, 0.3) is 0 Å². The average molecular weight is 250 g/mol. The molecule has 0 radical (unpaired) electrons. The van der Waals surface area contributed by atoms with E-state index in [0.29, 0.717) is 11.3 Å². The van der Waals surface area contributed by atoms with Crippen LogP contribution in [0, 0.1) is 0 Å². The molecule has 19 heavy (non-hydrogen) atoms. The molecule has 94 valence electrons. The SMILES string of the molecule is C=C(C)C(=O)OC1=C(C)c2cccc3cccc1c23. The molecule has 0 aliphatic heterocycles. The molecular weight excluding hydrogens is 236 g/mol. The fourth-order valence-electron chi connectivity index (χ4n) is 2.48. The molecule has 0 spiro atoms. The van der Waals surface area contributed by atoms with Crippen LogP contribution in [0.4, 0.5) is 0 Å². The highest BCUT2D eigenvalue weighted by Gasteiger charge is 2.24. The Hall–Kier alpha value is -2.35. The highest BCUT2D eigenvalue weighted by Crippen LogP contribution is 2.42. The summed E-state index contributed by atoms with van der Waals surface area (Å²) >= 11 is 0. The predicted octanol–water partition coefficient (Wildman–Crippen LogP) is 4.16. The third kappa shape index (κ3) is 1.68. The summed E-state index contributed by atoms with van der Waals surface area (Å²) in [5.41, 5.74) is 3.53. The van der Waals surface area contributed by atoms with Gasteiger partial charge in [-0.3, -0.25) is 0 Å². The van der Waals surface area contributed by atoms with E-state index in [1.165, 1.54) is 0 Å². The van der Waals surface area contributed by atoms with E-state index in [1.807, 2.05) is 25.1 Å². The summed E-state index contributed by atoms with van der Waals surface area (Å²) in [7, 11) is 0. The zero-order valence-corrected chi connectivity index (χ0v) is 11.0. The van der Waals surface area contributed by atoms with Crippen LogP contribution in [0.1, 0.15) is 25.0 Å². The highest BCUT2D eigenvalue weighted by molar-refractivity contribution is 6.13. The van der Waals surface area contributed by atoms with Gasteiger partial charge >= 0.3 is 5.97 Å². The monoisotopic (exact) mass is 250 g/mol. The van der Waals surface area contributed by atoms with Gasteiger partial charge in [0.2, 0.25) is 0 Å². The Kier molecular flexibility index (Phi) is 2.53. The van der Waals surface area contributed by atoms with E-state index < -0.39 is 0 Å². The number of esters is 1. The largest absolute Gasteiger partial charge is 0.422 e. The minimum atomic E-state index is -0.376. The summed E-state index contributed by atoms with van der Waals surface area (Å²) < 4.78 is 5.50. The third-order valence-corrected chi connectivity index (χ3v) is 3.44. The van der Waals surface area contributed by atoms with Crippen LogP contribution in [-0.2, 0) is 9.53 Å². The smallest absolute Gasteiger partial charge is 0.338 e. The summed E-state index contributed by atoms with van der Waals surface area (Å²) in [6.07, 6.45) is 0. The molecule has 1 aliphatic rings. The molecule has 2 nitrogen and oxygen atoms in total. The van der Waals surface area contributed by atoms with Gasteiger partial charge in [-0.15, -0.1) is 0 Å². The van der Waals surface area contributed by atoms with E-state index >= 15 is 0 Å². The van der Waals surface area contributed by atoms with Crippen LogP contribution < -0.4 is 0 Å². The van der Waals surface area contributed by atoms with Crippen molar-refractivity contribution in [3.05, 3.63) is 59.7 Å². The standard InChI is InChI=1S/C17H14O2/c1-10(2)17(18)19-16-11(3)13-8-4-6-12-7-5-9-14(16)15(12)13/h4-9H,1H2,2-3H3. The number of hydrogen-bond acceptors (Lipinski definition) is 2. The first-order valence-corrected chi connectivity index (χ1v) is 6.20. The highest BCUT2D eigenvalue weighted by atomic mass is 16.5. The molecule has 2 heteroatoms. The van der Waals surface area contributed by atoms with Crippen LogP contribution in [0.2, 0.25) is 0 Å². The summed E-state index contributed by atoms with van der Waals surface area (Å²) in [5, 5.41) is 2.32. The number of carbonyl (C=O) groups is 1. The first kappa shape index (κ1) is 11.7. The van der Waals surface area contributed by atoms with Gasteiger partial charge in [0, 0.05) is 22.1 Å². The van der Waals surface area contributed by atoms with Gasteiger partial charge in [0.15, 0.2) is 0 Å². The molecule has 2 aromatic carbocycles. The second-order valence-corrected chi connectivity index (χ2v) is 4.83. The van der Waals surface area contributed by atoms with Crippen molar-refractivity contribution in [1.82, 2.24) is 0 Å². The molecule has 2 aromatic rings. The number of hydrogen-bond donors (Lipinski definition) is 0. The molecule has 0 atom stereocenters. The van der Waals surface area contributed by atoms with E-state index in [1.54, 1.807) is 6.92 Å². The fraction of sp³-hybridized carbons (Fsp3) is 0.118. The summed E-state index contributed by atoms with van der Waals surface area (Å²) in [4.78, 5) is 11.8. The summed E-state index contributed by atoms with van der Waals surface area (Å²) in [6, 6.07) is 12.2. The van der Waals surface area contributed by atoms with E-state index in [-0.39, 0.29) is 5.97 Å². The van der Waals surface area contributed by atoms with Crippen LogP contribution in [-0.4, -0.2) is 5.97 Å². The molecule has 0 amide bonds. The normalized spacial score (nSPS) is 12.9. The molecule has 1 aliphatic carbocycles. The topological polar surface area (TPSA) is 26.3 Å². The minimum absolute atomic E-state index is 0.376. The lowest BCUT2D eigenvalue weighted by Gasteiger charge is -2.07. The van der Waals surface area contributed by atoms with E-state index in [0.717, 1.165) is 27.5 Å². The molecule has 0 saturated heterocycles. The van der Waals surface area contributed by atoms with Crippen molar-refractivity contribution in [2.24, 2.45) is 0 Å². The Morgan fingerprint density at radius 3 is 2.37 bits per heavy atom. The van der Waals surface area contributed by atoms with Crippen molar-refractivity contribution >= 4 is 28.1 Å². The molecule has 0 unspecified atom stereocenters. The molecule has 0 bridgehead atoms. The number of benzene rings is 2. The summed E-state index contributed by atoms with van der Waals surface area (Å²) in [5.74, 6) is 0.277. The van der Waals surface area contributed by atoms with Crippen molar-refractivity contribution < 1.29 is 9.53 Å². The van der Waals surface area contributed by atoms with Crippen molar-refractivity contribution in [3.8, 4) is 0 Å². The first-order chi connectivity index (χ1) is 9.09. The lowest BCUT2D eigenvalue weighted by Crippen LogP contribution is -2.04. The molecule has 0 aromatic heterocycles. The molecular formula is C17H14O2. The number of ether oxygens (including phenoxy) is 1. The zero-order valence-electron chi connectivity index (χ0n) is 11.0. The van der Waals surface area contributed by atoms with Gasteiger partial charge in [-0.2, -0.15) is 0 Å². The number of allylic oxidation sites excluding steroid dienone is 1. The van der Waals surface area contributed by atoms with Crippen molar-refractivity contribution in [2.75, 3.05) is 0 Å². The lowest BCUT2D eigenvalue weighted by molar-refractivity contribution is -0.132. The van der Waals surface area contributed by atoms with Crippen LogP contribution in [0.15, 0.2) is 48.6 Å². The van der Waals surface area contributed by atoms with E-state index in [9.17, 15) is 4.79 Å².